The van der Waals surface area contributed by atoms with Gasteiger partial charge in [0.2, 0.25) is 0 Å². The fourth-order valence-electron chi connectivity index (χ4n) is 2.61. The number of hydrogen-bond donors (Lipinski definition) is 0. The molecule has 0 heterocycles. The predicted molar refractivity (Wildman–Crippen MR) is 96.4 cm³/mol. The van der Waals surface area contributed by atoms with Crippen LogP contribution in [0.5, 0.6) is 0 Å². The van der Waals surface area contributed by atoms with E-state index in [2.05, 4.69) is 25.7 Å². The zero-order valence-corrected chi connectivity index (χ0v) is 14.8. The molecule has 3 heteroatoms. The van der Waals surface area contributed by atoms with Gasteiger partial charge >= 0.3 is 0 Å². The van der Waals surface area contributed by atoms with E-state index < -0.39 is 17.5 Å². The SMILES string of the molecule is C/C=C(/C)[C@H](C#Cc1ccc(-c2ccc(F)c(F)c2)cc1F)C(C)C. The van der Waals surface area contributed by atoms with Gasteiger partial charge in [-0.2, -0.15) is 0 Å². The van der Waals surface area contributed by atoms with E-state index >= 15 is 0 Å². The van der Waals surface area contributed by atoms with E-state index in [9.17, 15) is 13.2 Å². The molecule has 25 heavy (non-hydrogen) atoms. The molecule has 0 aromatic heterocycles. The molecule has 2 rings (SSSR count). The average Bonchev–Trinajstić information content (AvgIpc) is 2.58. The van der Waals surface area contributed by atoms with Gasteiger partial charge in [-0.1, -0.05) is 49.5 Å². The van der Waals surface area contributed by atoms with Crippen molar-refractivity contribution in [3.05, 3.63) is 71.1 Å². The highest BCUT2D eigenvalue weighted by molar-refractivity contribution is 5.64. The van der Waals surface area contributed by atoms with E-state index in [-0.39, 0.29) is 5.92 Å². The molecule has 2 aromatic rings. The summed E-state index contributed by atoms with van der Waals surface area (Å²) < 4.78 is 40.7. The summed E-state index contributed by atoms with van der Waals surface area (Å²) in [4.78, 5) is 0. The molecule has 0 N–H and O–H groups in total. The summed E-state index contributed by atoms with van der Waals surface area (Å²) in [5.74, 6) is 4.08. The van der Waals surface area contributed by atoms with Gasteiger partial charge in [0.15, 0.2) is 11.6 Å². The van der Waals surface area contributed by atoms with Gasteiger partial charge in [-0.3, -0.25) is 0 Å². The minimum absolute atomic E-state index is 0.0651. The van der Waals surface area contributed by atoms with Crippen LogP contribution in [0, 0.1) is 41.1 Å². The van der Waals surface area contributed by atoms with E-state index in [0.29, 0.717) is 22.6 Å². The van der Waals surface area contributed by atoms with Crippen molar-refractivity contribution in [2.24, 2.45) is 11.8 Å². The summed E-state index contributed by atoms with van der Waals surface area (Å²) in [6.07, 6.45) is 2.02. The topological polar surface area (TPSA) is 0 Å². The van der Waals surface area contributed by atoms with Crippen molar-refractivity contribution >= 4 is 0 Å². The normalized spacial score (nSPS) is 12.7. The van der Waals surface area contributed by atoms with Crippen LogP contribution in [-0.2, 0) is 0 Å². The van der Waals surface area contributed by atoms with Gasteiger partial charge in [0.25, 0.3) is 0 Å². The molecule has 0 aliphatic rings. The zero-order chi connectivity index (χ0) is 18.6. The Bertz CT molecular complexity index is 851. The van der Waals surface area contributed by atoms with Crippen molar-refractivity contribution in [2.75, 3.05) is 0 Å². The summed E-state index contributed by atoms with van der Waals surface area (Å²) in [6, 6.07) is 8.03. The Morgan fingerprint density at radius 3 is 2.04 bits per heavy atom. The Morgan fingerprint density at radius 1 is 0.920 bits per heavy atom. The van der Waals surface area contributed by atoms with Crippen LogP contribution in [0.3, 0.4) is 0 Å². The Kier molecular flexibility index (Phi) is 6.09. The molecule has 130 valence electrons. The van der Waals surface area contributed by atoms with Crippen molar-refractivity contribution in [3.8, 4) is 23.0 Å². The Labute approximate surface area is 147 Å². The third-order valence-electron chi connectivity index (χ3n) is 4.20. The molecule has 0 fully saturated rings. The van der Waals surface area contributed by atoms with Gasteiger partial charge in [-0.05, 0) is 55.2 Å². The second-order valence-electron chi connectivity index (χ2n) is 6.35. The smallest absolute Gasteiger partial charge is 0.159 e. The molecule has 0 unspecified atom stereocenters. The van der Waals surface area contributed by atoms with Crippen LogP contribution in [0.15, 0.2) is 48.0 Å². The van der Waals surface area contributed by atoms with Crippen molar-refractivity contribution in [1.82, 2.24) is 0 Å². The molecule has 0 saturated heterocycles. The lowest BCUT2D eigenvalue weighted by Gasteiger charge is -2.15. The maximum Gasteiger partial charge on any atom is 0.159 e. The molecule has 0 radical (unpaired) electrons. The standard InChI is InChI=1S/C22H21F3/c1-5-15(4)19(14(2)3)10-8-16-6-7-17(12-21(16)24)18-9-11-20(23)22(25)13-18/h5-7,9,11-14,19H,1-4H3/b15-5-/t19-/m1/s1. The lowest BCUT2D eigenvalue weighted by atomic mass is 9.89. The first-order valence-corrected chi connectivity index (χ1v) is 8.22. The molecule has 0 aliphatic heterocycles. The molecule has 0 spiro atoms. The summed E-state index contributed by atoms with van der Waals surface area (Å²) in [5.41, 5.74) is 2.34. The maximum atomic E-state index is 14.4. The van der Waals surface area contributed by atoms with Crippen LogP contribution in [0.2, 0.25) is 0 Å². The first kappa shape index (κ1) is 18.9. The number of allylic oxidation sites excluding steroid dienone is 2. The molecule has 1 atom stereocenters. The number of benzene rings is 2. The Hall–Kier alpha value is -2.47. The monoisotopic (exact) mass is 342 g/mol. The second kappa shape index (κ2) is 8.07. The van der Waals surface area contributed by atoms with E-state index in [1.54, 1.807) is 12.1 Å². The third kappa shape index (κ3) is 4.54. The van der Waals surface area contributed by atoms with Crippen molar-refractivity contribution in [2.45, 2.75) is 27.7 Å². The van der Waals surface area contributed by atoms with E-state index in [4.69, 9.17) is 0 Å². The van der Waals surface area contributed by atoms with E-state index in [1.807, 2.05) is 19.9 Å². The highest BCUT2D eigenvalue weighted by Gasteiger charge is 2.12. The summed E-state index contributed by atoms with van der Waals surface area (Å²) in [5, 5.41) is 0. The zero-order valence-electron chi connectivity index (χ0n) is 14.8. The molecular weight excluding hydrogens is 321 g/mol. The van der Waals surface area contributed by atoms with Crippen molar-refractivity contribution in [3.63, 3.8) is 0 Å². The van der Waals surface area contributed by atoms with E-state index in [1.165, 1.54) is 12.1 Å². The van der Waals surface area contributed by atoms with Crippen LogP contribution in [0.4, 0.5) is 13.2 Å². The number of halogens is 3. The highest BCUT2D eigenvalue weighted by atomic mass is 19.2. The van der Waals surface area contributed by atoms with Gasteiger partial charge in [-0.15, -0.1) is 0 Å². The summed E-state index contributed by atoms with van der Waals surface area (Å²) in [7, 11) is 0. The molecule has 2 aromatic carbocycles. The molecule has 0 nitrogen and oxygen atoms in total. The van der Waals surface area contributed by atoms with Crippen molar-refractivity contribution in [1.29, 1.82) is 0 Å². The third-order valence-corrected chi connectivity index (χ3v) is 4.20. The largest absolute Gasteiger partial charge is 0.206 e. The first-order chi connectivity index (χ1) is 11.8. The van der Waals surface area contributed by atoms with Gasteiger partial charge < -0.3 is 0 Å². The highest BCUT2D eigenvalue weighted by Crippen LogP contribution is 2.24. The fourth-order valence-corrected chi connectivity index (χ4v) is 2.61. The quantitative estimate of drug-likeness (QED) is 0.450. The van der Waals surface area contributed by atoms with Crippen LogP contribution in [0.1, 0.15) is 33.3 Å². The van der Waals surface area contributed by atoms with Gasteiger partial charge in [-0.25, -0.2) is 13.2 Å². The molecule has 0 amide bonds. The molecular formula is C22H21F3. The molecule has 0 aliphatic carbocycles. The second-order valence-corrected chi connectivity index (χ2v) is 6.35. The minimum Gasteiger partial charge on any atom is -0.206 e. The van der Waals surface area contributed by atoms with Crippen LogP contribution >= 0.6 is 0 Å². The first-order valence-electron chi connectivity index (χ1n) is 8.22. The Morgan fingerprint density at radius 2 is 1.52 bits per heavy atom. The molecule has 0 bridgehead atoms. The number of rotatable bonds is 3. The van der Waals surface area contributed by atoms with Crippen LogP contribution < -0.4 is 0 Å². The lowest BCUT2D eigenvalue weighted by molar-refractivity contribution is 0.509. The van der Waals surface area contributed by atoms with Crippen molar-refractivity contribution < 1.29 is 13.2 Å². The van der Waals surface area contributed by atoms with Gasteiger partial charge in [0, 0.05) is 5.92 Å². The number of hydrogen-bond acceptors (Lipinski definition) is 0. The van der Waals surface area contributed by atoms with Crippen LogP contribution in [0.25, 0.3) is 11.1 Å². The van der Waals surface area contributed by atoms with Crippen LogP contribution in [-0.4, -0.2) is 0 Å². The molecule has 0 saturated carbocycles. The Balaban J connectivity index is 2.34. The average molecular weight is 342 g/mol. The van der Waals surface area contributed by atoms with Gasteiger partial charge in [0.1, 0.15) is 5.82 Å². The minimum atomic E-state index is -0.955. The summed E-state index contributed by atoms with van der Waals surface area (Å²) in [6.45, 7) is 8.13. The predicted octanol–water partition coefficient (Wildman–Crippen LogP) is 6.36. The fraction of sp³-hybridized carbons (Fsp3) is 0.273. The van der Waals surface area contributed by atoms with E-state index in [0.717, 1.165) is 17.7 Å². The summed E-state index contributed by atoms with van der Waals surface area (Å²) >= 11 is 0. The lowest BCUT2D eigenvalue weighted by Crippen LogP contribution is -2.07. The maximum absolute atomic E-state index is 14.4. The van der Waals surface area contributed by atoms with Gasteiger partial charge in [0.05, 0.1) is 5.56 Å².